The van der Waals surface area contributed by atoms with Crippen LogP contribution in [0.2, 0.25) is 0 Å². The Hall–Kier alpha value is -2.43. The fraction of sp³-hybridized carbons (Fsp3) is 0.214. The van der Waals surface area contributed by atoms with Crippen LogP contribution < -0.4 is 9.47 Å². The topological polar surface area (TPSA) is 68.9 Å². The molecule has 0 unspecified atom stereocenters. The maximum absolute atomic E-state index is 10.5. The van der Waals surface area contributed by atoms with Crippen LogP contribution in [0.3, 0.4) is 0 Å². The van der Waals surface area contributed by atoms with Crippen LogP contribution in [0.1, 0.15) is 12.2 Å². The van der Waals surface area contributed by atoms with Gasteiger partial charge in [-0.15, -0.1) is 0 Å². The minimum Gasteiger partial charge on any atom is -0.493 e. The zero-order valence-corrected chi connectivity index (χ0v) is 10.5. The lowest BCUT2D eigenvalue weighted by Crippen LogP contribution is -1.96. The van der Waals surface area contributed by atoms with Gasteiger partial charge in [-0.2, -0.15) is 0 Å². The van der Waals surface area contributed by atoms with Crippen LogP contribution in [-0.2, 0) is 11.2 Å². The number of carboxylic acids is 1. The number of hydrogen-bond acceptors (Lipinski definition) is 4. The SMILES string of the molecule is COc1ccccc1Oc1ccc(CCC(=O)O)o1. The molecule has 5 nitrogen and oxygen atoms in total. The van der Waals surface area contributed by atoms with Gasteiger partial charge in [-0.1, -0.05) is 12.1 Å². The molecule has 0 saturated carbocycles. The van der Waals surface area contributed by atoms with Gasteiger partial charge in [-0.3, -0.25) is 4.79 Å². The Bertz CT molecular complexity index is 558. The first kappa shape index (κ1) is 13.0. The Balaban J connectivity index is 2.05. The number of ether oxygens (including phenoxy) is 2. The van der Waals surface area contributed by atoms with Crippen molar-refractivity contribution >= 4 is 5.97 Å². The number of hydrogen-bond donors (Lipinski definition) is 1. The molecule has 0 aliphatic carbocycles. The van der Waals surface area contributed by atoms with E-state index < -0.39 is 5.97 Å². The van der Waals surface area contributed by atoms with E-state index in [2.05, 4.69) is 0 Å². The third-order valence-electron chi connectivity index (χ3n) is 2.50. The first-order valence-electron chi connectivity index (χ1n) is 5.80. The summed E-state index contributed by atoms with van der Waals surface area (Å²) in [6.07, 6.45) is 0.367. The lowest BCUT2D eigenvalue weighted by molar-refractivity contribution is -0.137. The standard InChI is InChI=1S/C14H14O5/c1-17-11-4-2-3-5-12(11)19-14-9-7-10(18-14)6-8-13(15)16/h2-5,7,9H,6,8H2,1H3,(H,15,16). The summed E-state index contributed by atoms with van der Waals surface area (Å²) in [5.74, 6) is 1.18. The second kappa shape index (κ2) is 5.95. The summed E-state index contributed by atoms with van der Waals surface area (Å²) < 4.78 is 16.1. The van der Waals surface area contributed by atoms with E-state index in [-0.39, 0.29) is 6.42 Å². The summed E-state index contributed by atoms with van der Waals surface area (Å²) in [5, 5.41) is 8.60. The fourth-order valence-electron chi connectivity index (χ4n) is 1.59. The maximum Gasteiger partial charge on any atom is 0.303 e. The van der Waals surface area contributed by atoms with Crippen molar-refractivity contribution in [1.29, 1.82) is 0 Å². The molecule has 0 aliphatic heterocycles. The van der Waals surface area contributed by atoms with E-state index in [1.165, 1.54) is 0 Å². The second-order valence-electron chi connectivity index (χ2n) is 3.87. The third kappa shape index (κ3) is 3.51. The van der Waals surface area contributed by atoms with Gasteiger partial charge < -0.3 is 19.0 Å². The summed E-state index contributed by atoms with van der Waals surface area (Å²) in [6, 6.07) is 10.6. The Morgan fingerprint density at radius 3 is 2.63 bits per heavy atom. The van der Waals surface area contributed by atoms with Gasteiger partial charge in [0.05, 0.1) is 13.5 Å². The molecule has 2 aromatic rings. The van der Waals surface area contributed by atoms with Crippen LogP contribution in [-0.4, -0.2) is 18.2 Å². The summed E-state index contributed by atoms with van der Waals surface area (Å²) >= 11 is 0. The molecule has 0 bridgehead atoms. The Labute approximate surface area is 110 Å². The molecule has 0 fully saturated rings. The van der Waals surface area contributed by atoms with Crippen molar-refractivity contribution in [1.82, 2.24) is 0 Å². The first-order valence-corrected chi connectivity index (χ1v) is 5.80. The largest absolute Gasteiger partial charge is 0.493 e. The lowest BCUT2D eigenvalue weighted by atomic mass is 10.2. The monoisotopic (exact) mass is 262 g/mol. The van der Waals surface area contributed by atoms with E-state index in [9.17, 15) is 4.79 Å². The number of aryl methyl sites for hydroxylation is 1. The molecular formula is C14H14O5. The van der Waals surface area contributed by atoms with Crippen molar-refractivity contribution in [3.8, 4) is 17.4 Å². The summed E-state index contributed by atoms with van der Waals surface area (Å²) in [7, 11) is 1.56. The smallest absolute Gasteiger partial charge is 0.303 e. The predicted molar refractivity (Wildman–Crippen MR) is 67.7 cm³/mol. The molecule has 1 N–H and O–H groups in total. The van der Waals surface area contributed by atoms with Crippen molar-refractivity contribution < 1.29 is 23.8 Å². The minimum absolute atomic E-state index is 0.0294. The average Bonchev–Trinajstić information content (AvgIpc) is 2.85. The average molecular weight is 262 g/mol. The number of carbonyl (C=O) groups is 1. The Morgan fingerprint density at radius 1 is 1.21 bits per heavy atom. The summed E-state index contributed by atoms with van der Waals surface area (Å²) in [4.78, 5) is 10.5. The number of rotatable bonds is 6. The zero-order chi connectivity index (χ0) is 13.7. The van der Waals surface area contributed by atoms with Crippen molar-refractivity contribution in [2.45, 2.75) is 12.8 Å². The van der Waals surface area contributed by atoms with Crippen molar-refractivity contribution in [3.63, 3.8) is 0 Å². The molecule has 0 aliphatic rings. The van der Waals surface area contributed by atoms with E-state index in [0.29, 0.717) is 29.6 Å². The molecule has 2 rings (SSSR count). The molecular weight excluding hydrogens is 248 g/mol. The van der Waals surface area contributed by atoms with Crippen LogP contribution >= 0.6 is 0 Å². The number of methoxy groups -OCH3 is 1. The van der Waals surface area contributed by atoms with Crippen molar-refractivity contribution in [2.24, 2.45) is 0 Å². The van der Waals surface area contributed by atoms with Crippen LogP contribution in [0, 0.1) is 0 Å². The molecule has 1 aromatic heterocycles. The van der Waals surface area contributed by atoms with Gasteiger partial charge in [0.1, 0.15) is 5.76 Å². The fourth-order valence-corrected chi connectivity index (χ4v) is 1.59. The highest BCUT2D eigenvalue weighted by atomic mass is 16.6. The Kier molecular flexibility index (Phi) is 4.07. The normalized spacial score (nSPS) is 10.2. The van der Waals surface area contributed by atoms with E-state index in [1.807, 2.05) is 12.1 Å². The lowest BCUT2D eigenvalue weighted by Gasteiger charge is -2.07. The molecule has 5 heteroatoms. The zero-order valence-electron chi connectivity index (χ0n) is 10.5. The summed E-state index contributed by atoms with van der Waals surface area (Å²) in [6.45, 7) is 0. The highest BCUT2D eigenvalue weighted by Gasteiger charge is 2.09. The molecule has 0 amide bonds. The molecule has 0 spiro atoms. The van der Waals surface area contributed by atoms with Gasteiger partial charge in [0.25, 0.3) is 5.95 Å². The van der Waals surface area contributed by atoms with Crippen LogP contribution in [0.15, 0.2) is 40.8 Å². The Morgan fingerprint density at radius 2 is 1.95 bits per heavy atom. The van der Waals surface area contributed by atoms with Gasteiger partial charge in [0.15, 0.2) is 11.5 Å². The molecule has 1 aromatic carbocycles. The molecule has 0 radical (unpaired) electrons. The molecule has 0 atom stereocenters. The number of furan rings is 1. The number of benzene rings is 1. The third-order valence-corrected chi connectivity index (χ3v) is 2.50. The number of aliphatic carboxylic acids is 1. The van der Waals surface area contributed by atoms with Gasteiger partial charge in [0, 0.05) is 12.5 Å². The van der Waals surface area contributed by atoms with E-state index in [4.69, 9.17) is 19.0 Å². The number of carboxylic acid groups (broad SMARTS) is 1. The first-order chi connectivity index (χ1) is 9.19. The van der Waals surface area contributed by atoms with Crippen LogP contribution in [0.5, 0.6) is 17.4 Å². The summed E-state index contributed by atoms with van der Waals surface area (Å²) in [5.41, 5.74) is 0. The molecule has 0 saturated heterocycles. The maximum atomic E-state index is 10.5. The molecule has 1 heterocycles. The van der Waals surface area contributed by atoms with Crippen molar-refractivity contribution in [3.05, 3.63) is 42.2 Å². The van der Waals surface area contributed by atoms with Gasteiger partial charge in [-0.25, -0.2) is 0 Å². The number of para-hydroxylation sites is 2. The van der Waals surface area contributed by atoms with Crippen molar-refractivity contribution in [2.75, 3.05) is 7.11 Å². The van der Waals surface area contributed by atoms with E-state index >= 15 is 0 Å². The van der Waals surface area contributed by atoms with E-state index in [0.717, 1.165) is 0 Å². The highest BCUT2D eigenvalue weighted by Crippen LogP contribution is 2.31. The second-order valence-corrected chi connectivity index (χ2v) is 3.87. The van der Waals surface area contributed by atoms with Gasteiger partial charge in [0.2, 0.25) is 0 Å². The van der Waals surface area contributed by atoms with Gasteiger partial charge >= 0.3 is 5.97 Å². The predicted octanol–water partition coefficient (Wildman–Crippen LogP) is 3.10. The van der Waals surface area contributed by atoms with E-state index in [1.54, 1.807) is 31.4 Å². The quantitative estimate of drug-likeness (QED) is 0.866. The van der Waals surface area contributed by atoms with Gasteiger partial charge in [-0.05, 0) is 18.2 Å². The molecule has 19 heavy (non-hydrogen) atoms. The highest BCUT2D eigenvalue weighted by molar-refractivity contribution is 5.66. The van der Waals surface area contributed by atoms with Crippen LogP contribution in [0.25, 0.3) is 0 Å². The van der Waals surface area contributed by atoms with Crippen LogP contribution in [0.4, 0.5) is 0 Å². The molecule has 100 valence electrons. The minimum atomic E-state index is -0.858.